The SMILES string of the molecule is CCOC(=O)c1ncn2c1Cc1cnc(C3CC3)nc1-c1cc(Br)ccc1-2. The van der Waals surface area contributed by atoms with Gasteiger partial charge in [-0.3, -0.25) is 0 Å². The molecular formula is C20H17BrN4O2. The molecule has 2 aromatic heterocycles. The molecule has 0 atom stereocenters. The summed E-state index contributed by atoms with van der Waals surface area (Å²) in [6, 6.07) is 6.07. The molecule has 1 aromatic carbocycles. The summed E-state index contributed by atoms with van der Waals surface area (Å²) in [5, 5.41) is 0. The molecule has 3 aromatic rings. The summed E-state index contributed by atoms with van der Waals surface area (Å²) in [5.74, 6) is 0.990. The van der Waals surface area contributed by atoms with Gasteiger partial charge < -0.3 is 9.30 Å². The quantitative estimate of drug-likeness (QED) is 0.464. The van der Waals surface area contributed by atoms with Gasteiger partial charge in [-0.1, -0.05) is 15.9 Å². The number of fused-ring (bicyclic) bond motifs is 5. The maximum atomic E-state index is 12.4. The molecule has 1 saturated carbocycles. The van der Waals surface area contributed by atoms with Crippen LogP contribution in [-0.2, 0) is 11.2 Å². The number of aromatic nitrogens is 4. The average Bonchev–Trinajstić information content (AvgIpc) is 3.44. The van der Waals surface area contributed by atoms with Crippen molar-refractivity contribution in [1.82, 2.24) is 19.5 Å². The van der Waals surface area contributed by atoms with Crippen LogP contribution in [0, 0.1) is 0 Å². The highest BCUT2D eigenvalue weighted by molar-refractivity contribution is 9.10. The molecule has 0 bridgehead atoms. The fraction of sp³-hybridized carbons (Fsp3) is 0.300. The molecule has 3 heterocycles. The maximum absolute atomic E-state index is 12.4. The van der Waals surface area contributed by atoms with Gasteiger partial charge in [-0.15, -0.1) is 0 Å². The predicted octanol–water partition coefficient (Wildman–Crippen LogP) is 4.05. The summed E-state index contributed by atoms with van der Waals surface area (Å²) >= 11 is 3.57. The number of halogens is 1. The number of rotatable bonds is 3. The zero-order valence-electron chi connectivity index (χ0n) is 14.8. The number of carbonyl (C=O) groups is 1. The third-order valence-electron chi connectivity index (χ3n) is 4.99. The van der Waals surface area contributed by atoms with Gasteiger partial charge in [-0.2, -0.15) is 0 Å². The molecule has 0 unspecified atom stereocenters. The van der Waals surface area contributed by atoms with E-state index < -0.39 is 5.97 Å². The molecular weight excluding hydrogens is 408 g/mol. The van der Waals surface area contributed by atoms with E-state index in [1.54, 1.807) is 13.3 Å². The molecule has 1 aliphatic carbocycles. The van der Waals surface area contributed by atoms with Gasteiger partial charge in [0.05, 0.1) is 23.7 Å². The highest BCUT2D eigenvalue weighted by atomic mass is 79.9. The van der Waals surface area contributed by atoms with Gasteiger partial charge in [0.2, 0.25) is 0 Å². The van der Waals surface area contributed by atoms with E-state index in [0.29, 0.717) is 24.6 Å². The summed E-state index contributed by atoms with van der Waals surface area (Å²) in [6.45, 7) is 2.11. The normalized spacial score (nSPS) is 14.7. The maximum Gasteiger partial charge on any atom is 0.358 e. The minimum Gasteiger partial charge on any atom is -0.461 e. The highest BCUT2D eigenvalue weighted by Crippen LogP contribution is 2.41. The van der Waals surface area contributed by atoms with Crippen LogP contribution < -0.4 is 0 Å². The Labute approximate surface area is 164 Å². The summed E-state index contributed by atoms with van der Waals surface area (Å²) in [5.41, 5.74) is 5.04. The van der Waals surface area contributed by atoms with Gasteiger partial charge in [-0.25, -0.2) is 19.7 Å². The molecule has 7 heteroatoms. The van der Waals surface area contributed by atoms with Crippen molar-refractivity contribution in [2.45, 2.75) is 32.1 Å². The van der Waals surface area contributed by atoms with E-state index in [0.717, 1.165) is 51.3 Å². The van der Waals surface area contributed by atoms with Crippen LogP contribution in [0.15, 0.2) is 35.2 Å². The number of carbonyl (C=O) groups excluding carboxylic acids is 1. The summed E-state index contributed by atoms with van der Waals surface area (Å²) in [4.78, 5) is 26.2. The Morgan fingerprint density at radius 1 is 1.33 bits per heavy atom. The largest absolute Gasteiger partial charge is 0.461 e. The van der Waals surface area contributed by atoms with E-state index in [1.165, 1.54) is 0 Å². The molecule has 0 amide bonds. The van der Waals surface area contributed by atoms with Gasteiger partial charge in [0.15, 0.2) is 5.69 Å². The molecule has 136 valence electrons. The van der Waals surface area contributed by atoms with Crippen molar-refractivity contribution in [2.24, 2.45) is 0 Å². The molecule has 0 radical (unpaired) electrons. The van der Waals surface area contributed by atoms with Gasteiger partial charge in [0, 0.05) is 34.1 Å². The van der Waals surface area contributed by atoms with Crippen LogP contribution in [0.4, 0.5) is 0 Å². The van der Waals surface area contributed by atoms with Crippen LogP contribution >= 0.6 is 15.9 Å². The topological polar surface area (TPSA) is 69.9 Å². The van der Waals surface area contributed by atoms with Crippen LogP contribution in [0.2, 0.25) is 0 Å². The molecule has 0 saturated heterocycles. The Morgan fingerprint density at radius 3 is 2.96 bits per heavy atom. The fourth-order valence-corrected chi connectivity index (χ4v) is 3.89. The van der Waals surface area contributed by atoms with Crippen molar-refractivity contribution in [1.29, 1.82) is 0 Å². The molecule has 0 N–H and O–H groups in total. The van der Waals surface area contributed by atoms with Crippen molar-refractivity contribution in [3.8, 4) is 16.9 Å². The first-order chi connectivity index (χ1) is 13.2. The number of hydrogen-bond acceptors (Lipinski definition) is 5. The van der Waals surface area contributed by atoms with Gasteiger partial charge >= 0.3 is 5.97 Å². The lowest BCUT2D eigenvalue weighted by atomic mass is 10.0. The third kappa shape index (κ3) is 2.77. The zero-order chi connectivity index (χ0) is 18.5. The third-order valence-corrected chi connectivity index (χ3v) is 5.49. The standard InChI is InChI=1S/C20H17BrN4O2/c1-2-27-20(26)18-16-7-12-9-22-19(11-3-4-11)24-17(12)14-8-13(21)5-6-15(14)25(16)10-23-18/h5-6,8-11H,2-4,7H2,1H3. The van der Waals surface area contributed by atoms with Gasteiger partial charge in [0.25, 0.3) is 0 Å². The van der Waals surface area contributed by atoms with E-state index in [9.17, 15) is 4.79 Å². The second-order valence-corrected chi connectivity index (χ2v) is 7.76. The first kappa shape index (κ1) is 16.6. The average molecular weight is 425 g/mol. The minimum absolute atomic E-state index is 0.319. The van der Waals surface area contributed by atoms with Crippen LogP contribution in [0.5, 0.6) is 0 Å². The van der Waals surface area contributed by atoms with Gasteiger partial charge in [-0.05, 0) is 38.0 Å². The van der Waals surface area contributed by atoms with Crippen molar-refractivity contribution in [2.75, 3.05) is 6.61 Å². The van der Waals surface area contributed by atoms with E-state index in [-0.39, 0.29) is 0 Å². The molecule has 1 fully saturated rings. The number of esters is 1. The molecule has 27 heavy (non-hydrogen) atoms. The zero-order valence-corrected chi connectivity index (χ0v) is 16.4. The smallest absolute Gasteiger partial charge is 0.358 e. The summed E-state index contributed by atoms with van der Waals surface area (Å²) in [7, 11) is 0. The molecule has 5 rings (SSSR count). The summed E-state index contributed by atoms with van der Waals surface area (Å²) < 4.78 is 8.14. The lowest BCUT2D eigenvalue weighted by Crippen LogP contribution is -2.10. The Kier molecular flexibility index (Phi) is 3.86. The minimum atomic E-state index is -0.399. The first-order valence-electron chi connectivity index (χ1n) is 9.05. The molecule has 0 spiro atoms. The van der Waals surface area contributed by atoms with Crippen LogP contribution in [-0.4, -0.2) is 32.1 Å². The van der Waals surface area contributed by atoms with E-state index >= 15 is 0 Å². The lowest BCUT2D eigenvalue weighted by molar-refractivity contribution is 0.0519. The fourth-order valence-electron chi connectivity index (χ4n) is 3.53. The van der Waals surface area contributed by atoms with Crippen LogP contribution in [0.1, 0.15) is 53.3 Å². The van der Waals surface area contributed by atoms with Crippen molar-refractivity contribution in [3.63, 3.8) is 0 Å². The number of ether oxygens (including phenoxy) is 1. The Bertz CT molecular complexity index is 1070. The lowest BCUT2D eigenvalue weighted by Gasteiger charge is -2.11. The van der Waals surface area contributed by atoms with Gasteiger partial charge in [0.1, 0.15) is 12.2 Å². The monoisotopic (exact) mass is 424 g/mol. The predicted molar refractivity (Wildman–Crippen MR) is 103 cm³/mol. The van der Waals surface area contributed by atoms with E-state index in [4.69, 9.17) is 9.72 Å². The van der Waals surface area contributed by atoms with E-state index in [1.807, 2.05) is 22.9 Å². The molecule has 2 aliphatic rings. The second-order valence-electron chi connectivity index (χ2n) is 6.84. The van der Waals surface area contributed by atoms with Crippen LogP contribution in [0.3, 0.4) is 0 Å². The van der Waals surface area contributed by atoms with Crippen molar-refractivity contribution >= 4 is 21.9 Å². The number of benzene rings is 1. The second kappa shape index (κ2) is 6.27. The first-order valence-corrected chi connectivity index (χ1v) is 9.84. The summed E-state index contributed by atoms with van der Waals surface area (Å²) in [6.07, 6.45) is 6.43. The number of imidazole rings is 1. The number of hydrogen-bond donors (Lipinski definition) is 0. The van der Waals surface area contributed by atoms with E-state index in [2.05, 4.69) is 32.0 Å². The Morgan fingerprint density at radius 2 is 2.19 bits per heavy atom. The molecule has 6 nitrogen and oxygen atoms in total. The number of nitrogens with zero attached hydrogens (tertiary/aromatic N) is 4. The van der Waals surface area contributed by atoms with Crippen molar-refractivity contribution < 1.29 is 9.53 Å². The van der Waals surface area contributed by atoms with Crippen molar-refractivity contribution in [3.05, 3.63) is 58.0 Å². The van der Waals surface area contributed by atoms with Crippen LogP contribution in [0.25, 0.3) is 16.9 Å². The Balaban J connectivity index is 1.74. The molecule has 1 aliphatic heterocycles. The Hall–Kier alpha value is -2.54. The highest BCUT2D eigenvalue weighted by Gasteiger charge is 2.30.